The molecule has 3 aromatic rings. The predicted molar refractivity (Wildman–Crippen MR) is 121 cm³/mol. The van der Waals surface area contributed by atoms with Crippen LogP contribution in [0.3, 0.4) is 0 Å². The van der Waals surface area contributed by atoms with Crippen molar-refractivity contribution < 1.29 is 9.50 Å². The van der Waals surface area contributed by atoms with Gasteiger partial charge in [-0.2, -0.15) is 0 Å². The van der Waals surface area contributed by atoms with Crippen LogP contribution in [0.1, 0.15) is 37.6 Å². The van der Waals surface area contributed by atoms with Gasteiger partial charge in [-0.05, 0) is 63.8 Å². The third-order valence-electron chi connectivity index (χ3n) is 6.42. The van der Waals surface area contributed by atoms with Gasteiger partial charge in [0.2, 0.25) is 0 Å². The second-order valence-electron chi connectivity index (χ2n) is 8.86. The number of hydrogen-bond acceptors (Lipinski definition) is 7. The Hall–Kier alpha value is -2.58. The average molecular weight is 440 g/mol. The van der Waals surface area contributed by atoms with Crippen LogP contribution in [0.2, 0.25) is 0 Å². The molecule has 1 aromatic carbocycles. The summed E-state index contributed by atoms with van der Waals surface area (Å²) in [5.41, 5.74) is 1.41. The Morgan fingerprint density at radius 1 is 1.23 bits per heavy atom. The minimum Gasteiger partial charge on any atom is -0.507 e. The molecule has 5 rings (SSSR count). The van der Waals surface area contributed by atoms with Crippen LogP contribution in [0.15, 0.2) is 30.5 Å². The summed E-state index contributed by atoms with van der Waals surface area (Å²) in [6.07, 6.45) is 6.52. The van der Waals surface area contributed by atoms with Crippen LogP contribution in [0.25, 0.3) is 21.7 Å². The molecule has 0 bridgehead atoms. The van der Waals surface area contributed by atoms with Gasteiger partial charge in [-0.25, -0.2) is 9.37 Å². The van der Waals surface area contributed by atoms with Crippen molar-refractivity contribution >= 4 is 17.2 Å². The van der Waals surface area contributed by atoms with E-state index in [0.717, 1.165) is 30.3 Å². The molecule has 31 heavy (non-hydrogen) atoms. The quantitative estimate of drug-likeness (QED) is 0.608. The topological polar surface area (TPSA) is 74.2 Å². The zero-order chi connectivity index (χ0) is 21.6. The van der Waals surface area contributed by atoms with Crippen molar-refractivity contribution in [1.82, 2.24) is 20.5 Å². The van der Waals surface area contributed by atoms with Crippen LogP contribution >= 0.6 is 11.3 Å². The molecule has 8 heteroatoms. The molecule has 6 nitrogen and oxygen atoms in total. The third kappa shape index (κ3) is 4.02. The van der Waals surface area contributed by atoms with Crippen LogP contribution < -0.4 is 10.2 Å². The number of thiazole rings is 1. The number of nitrogens with one attached hydrogen (secondary N) is 1. The molecule has 1 saturated carbocycles. The fraction of sp³-hybridized carbons (Fsp3) is 0.435. The van der Waals surface area contributed by atoms with Gasteiger partial charge in [0.25, 0.3) is 0 Å². The SMILES string of the molecule is Cc1ncc(-c2cc(O)c(-c3ccc(N4CC[C@H](NC5(C)CCC5)C4)nn3)cc2F)s1. The van der Waals surface area contributed by atoms with Crippen molar-refractivity contribution in [3.8, 4) is 27.4 Å². The number of phenolic OH excluding ortho intramolecular Hbond substituents is 1. The number of anilines is 1. The summed E-state index contributed by atoms with van der Waals surface area (Å²) in [5, 5.41) is 23.8. The number of aryl methyl sites for hydroxylation is 1. The van der Waals surface area contributed by atoms with E-state index in [4.69, 9.17) is 0 Å². The van der Waals surface area contributed by atoms with Gasteiger partial charge < -0.3 is 15.3 Å². The summed E-state index contributed by atoms with van der Waals surface area (Å²) in [6.45, 7) is 6.02. The first kappa shape index (κ1) is 20.3. The number of aromatic nitrogens is 3. The fourth-order valence-electron chi connectivity index (χ4n) is 4.51. The van der Waals surface area contributed by atoms with Gasteiger partial charge in [-0.3, -0.25) is 0 Å². The first-order chi connectivity index (χ1) is 14.9. The summed E-state index contributed by atoms with van der Waals surface area (Å²) in [5.74, 6) is 0.368. The first-order valence-electron chi connectivity index (χ1n) is 10.7. The van der Waals surface area contributed by atoms with Crippen molar-refractivity contribution in [2.24, 2.45) is 0 Å². The standard InChI is InChI=1S/C23H26FN5OS/c1-14-25-12-21(31-14)16-11-20(30)17(10-18(16)24)19-4-5-22(28-27-19)29-9-6-15(13-29)26-23(2)7-3-8-23/h4-5,10-12,15,26,30H,3,6-9,13H2,1-2H3/t15-/m0/s1. The summed E-state index contributed by atoms with van der Waals surface area (Å²) >= 11 is 1.39. The van der Waals surface area contributed by atoms with Crippen molar-refractivity contribution in [2.75, 3.05) is 18.0 Å². The van der Waals surface area contributed by atoms with E-state index in [1.165, 1.54) is 42.7 Å². The molecular formula is C23H26FN5OS. The molecule has 0 radical (unpaired) electrons. The molecule has 2 aliphatic rings. The van der Waals surface area contributed by atoms with E-state index in [0.29, 0.717) is 33.3 Å². The van der Waals surface area contributed by atoms with Gasteiger partial charge in [0.05, 0.1) is 15.6 Å². The molecule has 1 atom stereocenters. The molecule has 1 aliphatic carbocycles. The minimum absolute atomic E-state index is 0.0244. The fourth-order valence-corrected chi connectivity index (χ4v) is 5.31. The molecule has 0 spiro atoms. The molecule has 2 aromatic heterocycles. The molecule has 2 fully saturated rings. The number of aromatic hydroxyl groups is 1. The van der Waals surface area contributed by atoms with Crippen LogP contribution in [-0.2, 0) is 0 Å². The Bertz CT molecular complexity index is 1100. The van der Waals surface area contributed by atoms with E-state index in [-0.39, 0.29) is 5.75 Å². The zero-order valence-corrected chi connectivity index (χ0v) is 18.5. The van der Waals surface area contributed by atoms with E-state index < -0.39 is 5.82 Å². The van der Waals surface area contributed by atoms with Crippen molar-refractivity contribution in [2.45, 2.75) is 51.1 Å². The molecule has 0 unspecified atom stereocenters. The highest BCUT2D eigenvalue weighted by Gasteiger charge is 2.35. The largest absolute Gasteiger partial charge is 0.507 e. The van der Waals surface area contributed by atoms with E-state index in [1.807, 2.05) is 13.0 Å². The number of rotatable bonds is 5. The van der Waals surface area contributed by atoms with Crippen molar-refractivity contribution in [3.63, 3.8) is 0 Å². The Balaban J connectivity index is 1.31. The Morgan fingerprint density at radius 2 is 2.06 bits per heavy atom. The summed E-state index contributed by atoms with van der Waals surface area (Å²) in [6, 6.07) is 6.91. The van der Waals surface area contributed by atoms with Gasteiger partial charge in [0.1, 0.15) is 11.6 Å². The highest BCUT2D eigenvalue weighted by atomic mass is 32.1. The highest BCUT2D eigenvalue weighted by Crippen LogP contribution is 2.37. The second kappa shape index (κ2) is 7.84. The summed E-state index contributed by atoms with van der Waals surface area (Å²) < 4.78 is 14.8. The molecule has 1 aliphatic heterocycles. The maximum Gasteiger partial charge on any atom is 0.151 e. The number of hydrogen-bond donors (Lipinski definition) is 2. The van der Waals surface area contributed by atoms with Crippen LogP contribution in [0, 0.1) is 12.7 Å². The minimum atomic E-state index is -0.416. The Labute approximate surface area is 185 Å². The number of halogens is 1. The van der Waals surface area contributed by atoms with E-state index >= 15 is 0 Å². The van der Waals surface area contributed by atoms with Gasteiger partial charge in [-0.1, -0.05) is 0 Å². The molecule has 162 valence electrons. The lowest BCUT2D eigenvalue weighted by Crippen LogP contribution is -2.53. The Kier molecular flexibility index (Phi) is 5.14. The van der Waals surface area contributed by atoms with Gasteiger partial charge in [0.15, 0.2) is 5.82 Å². The number of phenols is 1. The number of nitrogens with zero attached hydrogens (tertiary/aromatic N) is 4. The normalized spacial score (nSPS) is 20.1. The van der Waals surface area contributed by atoms with E-state index in [9.17, 15) is 9.50 Å². The maximum absolute atomic E-state index is 14.8. The highest BCUT2D eigenvalue weighted by molar-refractivity contribution is 7.15. The monoisotopic (exact) mass is 439 g/mol. The van der Waals surface area contributed by atoms with Crippen LogP contribution in [0.4, 0.5) is 10.2 Å². The lowest BCUT2D eigenvalue weighted by atomic mass is 9.78. The lowest BCUT2D eigenvalue weighted by molar-refractivity contribution is 0.189. The molecule has 1 saturated heterocycles. The third-order valence-corrected chi connectivity index (χ3v) is 7.37. The van der Waals surface area contributed by atoms with E-state index in [1.54, 1.807) is 12.3 Å². The number of benzene rings is 1. The smallest absolute Gasteiger partial charge is 0.151 e. The molecular weight excluding hydrogens is 413 g/mol. The summed E-state index contributed by atoms with van der Waals surface area (Å²) in [4.78, 5) is 7.08. The Morgan fingerprint density at radius 3 is 2.71 bits per heavy atom. The average Bonchev–Trinajstić information content (AvgIpc) is 3.37. The maximum atomic E-state index is 14.8. The molecule has 2 N–H and O–H groups in total. The van der Waals surface area contributed by atoms with Crippen molar-refractivity contribution in [3.05, 3.63) is 41.3 Å². The predicted octanol–water partition coefficient (Wildman–Crippen LogP) is 4.53. The van der Waals surface area contributed by atoms with Crippen LogP contribution in [0.5, 0.6) is 5.75 Å². The molecule has 0 amide bonds. The van der Waals surface area contributed by atoms with Gasteiger partial charge in [-0.15, -0.1) is 21.5 Å². The molecule has 3 heterocycles. The van der Waals surface area contributed by atoms with Gasteiger partial charge in [0, 0.05) is 42.0 Å². The van der Waals surface area contributed by atoms with Gasteiger partial charge >= 0.3 is 0 Å². The second-order valence-corrected chi connectivity index (χ2v) is 10.1. The summed E-state index contributed by atoms with van der Waals surface area (Å²) in [7, 11) is 0. The van der Waals surface area contributed by atoms with E-state index in [2.05, 4.69) is 32.3 Å². The zero-order valence-electron chi connectivity index (χ0n) is 17.7. The first-order valence-corrected chi connectivity index (χ1v) is 11.5. The van der Waals surface area contributed by atoms with Crippen molar-refractivity contribution in [1.29, 1.82) is 0 Å². The lowest BCUT2D eigenvalue weighted by Gasteiger charge is -2.41. The van der Waals surface area contributed by atoms with Crippen LogP contribution in [-0.4, -0.2) is 45.0 Å².